The molecule has 1 aliphatic rings. The quantitative estimate of drug-likeness (QED) is 0.854. The maximum atomic E-state index is 3.18. The molecule has 1 aromatic rings. The van der Waals surface area contributed by atoms with Crippen LogP contribution >= 0.6 is 0 Å². The summed E-state index contributed by atoms with van der Waals surface area (Å²) in [5.41, 5.74) is 2.70. The maximum Gasteiger partial charge on any atom is 0.0389 e. The molecule has 0 aromatic heterocycles. The Balaban J connectivity index is 2.06. The molecule has 1 aromatic carbocycles. The largest absolute Gasteiger partial charge is 0.366 e. The SMILES string of the molecule is CNCc1ccc(N2CCN(C)CC2C)cc1. The zero-order chi connectivity index (χ0) is 12.3. The van der Waals surface area contributed by atoms with Gasteiger partial charge in [0.2, 0.25) is 0 Å². The van der Waals surface area contributed by atoms with Crippen LogP contribution < -0.4 is 10.2 Å². The highest BCUT2D eigenvalue weighted by atomic mass is 15.3. The lowest BCUT2D eigenvalue weighted by atomic mass is 10.1. The second kappa shape index (κ2) is 5.52. The first kappa shape index (κ1) is 12.4. The zero-order valence-corrected chi connectivity index (χ0v) is 11.1. The molecule has 1 aliphatic heterocycles. The summed E-state index contributed by atoms with van der Waals surface area (Å²) in [6, 6.07) is 9.53. The van der Waals surface area contributed by atoms with Gasteiger partial charge in [-0.3, -0.25) is 0 Å². The minimum absolute atomic E-state index is 0.601. The van der Waals surface area contributed by atoms with Crippen molar-refractivity contribution in [2.75, 3.05) is 38.6 Å². The van der Waals surface area contributed by atoms with Crippen molar-refractivity contribution in [2.45, 2.75) is 19.5 Å². The highest BCUT2D eigenvalue weighted by Crippen LogP contribution is 2.20. The van der Waals surface area contributed by atoms with E-state index in [1.54, 1.807) is 0 Å². The molecule has 17 heavy (non-hydrogen) atoms. The van der Waals surface area contributed by atoms with Crippen molar-refractivity contribution < 1.29 is 0 Å². The predicted octanol–water partition coefficient (Wildman–Crippen LogP) is 1.55. The predicted molar refractivity (Wildman–Crippen MR) is 73.5 cm³/mol. The first-order valence-electron chi connectivity index (χ1n) is 6.39. The highest BCUT2D eigenvalue weighted by molar-refractivity contribution is 5.49. The van der Waals surface area contributed by atoms with Crippen LogP contribution in [0, 0.1) is 0 Å². The van der Waals surface area contributed by atoms with Crippen LogP contribution in [0.5, 0.6) is 0 Å². The number of anilines is 1. The van der Waals surface area contributed by atoms with E-state index >= 15 is 0 Å². The van der Waals surface area contributed by atoms with Crippen LogP contribution in [0.25, 0.3) is 0 Å². The second-order valence-electron chi connectivity index (χ2n) is 5.00. The number of rotatable bonds is 3. The van der Waals surface area contributed by atoms with Crippen LogP contribution in [0.2, 0.25) is 0 Å². The van der Waals surface area contributed by atoms with Gasteiger partial charge in [0.15, 0.2) is 0 Å². The summed E-state index contributed by atoms with van der Waals surface area (Å²) in [6.45, 7) is 6.68. The van der Waals surface area contributed by atoms with Crippen molar-refractivity contribution in [3.63, 3.8) is 0 Å². The van der Waals surface area contributed by atoms with Gasteiger partial charge in [0, 0.05) is 37.9 Å². The Bertz CT molecular complexity index is 347. The molecule has 94 valence electrons. The zero-order valence-electron chi connectivity index (χ0n) is 11.1. The van der Waals surface area contributed by atoms with Crippen molar-refractivity contribution in [3.8, 4) is 0 Å². The van der Waals surface area contributed by atoms with E-state index in [1.807, 2.05) is 7.05 Å². The standard InChI is InChI=1S/C14H23N3/c1-12-11-16(3)8-9-17(12)14-6-4-13(5-7-14)10-15-2/h4-7,12,15H,8-11H2,1-3H3. The number of piperazine rings is 1. The Morgan fingerprint density at radius 3 is 2.53 bits per heavy atom. The van der Waals surface area contributed by atoms with Gasteiger partial charge >= 0.3 is 0 Å². The van der Waals surface area contributed by atoms with Gasteiger partial charge in [0.1, 0.15) is 0 Å². The van der Waals surface area contributed by atoms with Gasteiger partial charge in [-0.05, 0) is 38.7 Å². The number of hydrogen-bond donors (Lipinski definition) is 1. The number of nitrogens with one attached hydrogen (secondary N) is 1. The second-order valence-corrected chi connectivity index (χ2v) is 5.00. The first-order chi connectivity index (χ1) is 8.20. The molecule has 1 N–H and O–H groups in total. The monoisotopic (exact) mass is 233 g/mol. The summed E-state index contributed by atoms with van der Waals surface area (Å²) in [4.78, 5) is 4.90. The third-order valence-corrected chi connectivity index (χ3v) is 3.48. The van der Waals surface area contributed by atoms with Crippen LogP contribution in [-0.4, -0.2) is 44.7 Å². The lowest BCUT2D eigenvalue weighted by Crippen LogP contribution is -2.50. The van der Waals surface area contributed by atoms with Crippen molar-refractivity contribution >= 4 is 5.69 Å². The minimum atomic E-state index is 0.601. The molecule has 1 fully saturated rings. The average Bonchev–Trinajstić information content (AvgIpc) is 2.31. The molecular formula is C14H23N3. The van der Waals surface area contributed by atoms with Crippen LogP contribution in [0.3, 0.4) is 0 Å². The van der Waals surface area contributed by atoms with Crippen LogP contribution in [0.4, 0.5) is 5.69 Å². The third kappa shape index (κ3) is 2.99. The fourth-order valence-electron chi connectivity index (χ4n) is 2.53. The minimum Gasteiger partial charge on any atom is -0.366 e. The summed E-state index contributed by atoms with van der Waals surface area (Å²) in [5.74, 6) is 0. The molecule has 2 rings (SSSR count). The molecule has 1 saturated heterocycles. The summed E-state index contributed by atoms with van der Waals surface area (Å²) in [7, 11) is 4.18. The van der Waals surface area contributed by atoms with E-state index in [-0.39, 0.29) is 0 Å². The van der Waals surface area contributed by atoms with E-state index in [1.165, 1.54) is 11.3 Å². The van der Waals surface area contributed by atoms with Gasteiger partial charge < -0.3 is 15.1 Å². The Labute approximate surface area is 104 Å². The highest BCUT2D eigenvalue weighted by Gasteiger charge is 2.21. The van der Waals surface area contributed by atoms with E-state index in [0.717, 1.165) is 26.2 Å². The summed E-state index contributed by atoms with van der Waals surface area (Å²) in [5, 5.41) is 3.18. The van der Waals surface area contributed by atoms with Crippen LogP contribution in [0.15, 0.2) is 24.3 Å². The molecule has 1 heterocycles. The molecule has 1 unspecified atom stereocenters. The lowest BCUT2D eigenvalue weighted by molar-refractivity contribution is 0.275. The molecule has 0 spiro atoms. The smallest absolute Gasteiger partial charge is 0.0389 e. The van der Waals surface area contributed by atoms with Gasteiger partial charge in [-0.25, -0.2) is 0 Å². The topological polar surface area (TPSA) is 18.5 Å². The van der Waals surface area contributed by atoms with Crippen LogP contribution in [-0.2, 0) is 6.54 Å². The van der Waals surface area contributed by atoms with E-state index in [0.29, 0.717) is 6.04 Å². The van der Waals surface area contributed by atoms with Gasteiger partial charge in [-0.15, -0.1) is 0 Å². The molecule has 0 saturated carbocycles. The molecule has 1 atom stereocenters. The summed E-state index contributed by atoms with van der Waals surface area (Å²) < 4.78 is 0. The number of benzene rings is 1. The average molecular weight is 233 g/mol. The number of nitrogens with zero attached hydrogens (tertiary/aromatic N) is 2. The fraction of sp³-hybridized carbons (Fsp3) is 0.571. The van der Waals surface area contributed by atoms with E-state index < -0.39 is 0 Å². The van der Waals surface area contributed by atoms with Crippen molar-refractivity contribution in [3.05, 3.63) is 29.8 Å². The van der Waals surface area contributed by atoms with Gasteiger partial charge in [0.05, 0.1) is 0 Å². The molecule has 0 amide bonds. The van der Waals surface area contributed by atoms with E-state index in [9.17, 15) is 0 Å². The maximum absolute atomic E-state index is 3.18. The summed E-state index contributed by atoms with van der Waals surface area (Å²) >= 11 is 0. The molecule has 3 heteroatoms. The van der Waals surface area contributed by atoms with Gasteiger partial charge in [-0.1, -0.05) is 12.1 Å². The van der Waals surface area contributed by atoms with E-state index in [2.05, 4.69) is 53.4 Å². The van der Waals surface area contributed by atoms with Crippen LogP contribution in [0.1, 0.15) is 12.5 Å². The number of likely N-dealkylation sites (N-methyl/N-ethyl adjacent to an activating group) is 1. The molecule has 0 aliphatic carbocycles. The summed E-state index contributed by atoms with van der Waals surface area (Å²) in [6.07, 6.45) is 0. The molecular weight excluding hydrogens is 210 g/mol. The molecule has 0 radical (unpaired) electrons. The van der Waals surface area contributed by atoms with Crippen molar-refractivity contribution in [1.29, 1.82) is 0 Å². The number of hydrogen-bond acceptors (Lipinski definition) is 3. The Morgan fingerprint density at radius 1 is 1.24 bits per heavy atom. The lowest BCUT2D eigenvalue weighted by Gasteiger charge is -2.39. The Morgan fingerprint density at radius 2 is 1.94 bits per heavy atom. The van der Waals surface area contributed by atoms with Gasteiger partial charge in [-0.2, -0.15) is 0 Å². The third-order valence-electron chi connectivity index (χ3n) is 3.48. The Kier molecular flexibility index (Phi) is 4.02. The first-order valence-corrected chi connectivity index (χ1v) is 6.39. The Hall–Kier alpha value is -1.06. The van der Waals surface area contributed by atoms with Crippen molar-refractivity contribution in [1.82, 2.24) is 10.2 Å². The van der Waals surface area contributed by atoms with Gasteiger partial charge in [0.25, 0.3) is 0 Å². The normalized spacial score (nSPS) is 21.8. The van der Waals surface area contributed by atoms with E-state index in [4.69, 9.17) is 0 Å². The molecule has 3 nitrogen and oxygen atoms in total. The fourth-order valence-corrected chi connectivity index (χ4v) is 2.53. The molecule has 0 bridgehead atoms. The van der Waals surface area contributed by atoms with Crippen molar-refractivity contribution in [2.24, 2.45) is 0 Å².